The van der Waals surface area contributed by atoms with Crippen molar-refractivity contribution < 1.29 is 9.59 Å². The predicted molar refractivity (Wildman–Crippen MR) is 77.9 cm³/mol. The first-order valence-corrected chi connectivity index (χ1v) is 7.42. The van der Waals surface area contributed by atoms with Crippen LogP contribution in [-0.2, 0) is 11.2 Å². The summed E-state index contributed by atoms with van der Waals surface area (Å²) in [5, 5.41) is 6.19. The Morgan fingerprint density at radius 2 is 2.10 bits per heavy atom. The molecule has 1 fully saturated rings. The third-order valence-corrected chi connectivity index (χ3v) is 4.18. The SMILES string of the molecule is O=C1CCCc2cc(C(=O)C3CCCNC3)ccc2N1. The molecule has 20 heavy (non-hydrogen) atoms. The summed E-state index contributed by atoms with van der Waals surface area (Å²) in [5.41, 5.74) is 2.74. The van der Waals surface area contributed by atoms with Crippen molar-refractivity contribution in [1.29, 1.82) is 0 Å². The number of aryl methyl sites for hydroxylation is 1. The smallest absolute Gasteiger partial charge is 0.224 e. The summed E-state index contributed by atoms with van der Waals surface area (Å²) in [6.45, 7) is 1.80. The normalized spacial score (nSPS) is 22.6. The molecular formula is C16H20N2O2. The van der Waals surface area contributed by atoms with Crippen LogP contribution in [0.5, 0.6) is 0 Å². The first-order chi connectivity index (χ1) is 9.74. The van der Waals surface area contributed by atoms with E-state index in [1.807, 2.05) is 18.2 Å². The van der Waals surface area contributed by atoms with Gasteiger partial charge in [-0.25, -0.2) is 0 Å². The summed E-state index contributed by atoms with van der Waals surface area (Å²) in [6, 6.07) is 5.70. The number of ketones is 1. The minimum Gasteiger partial charge on any atom is -0.326 e. The van der Waals surface area contributed by atoms with Crippen LogP contribution in [0, 0.1) is 5.92 Å². The van der Waals surface area contributed by atoms with Gasteiger partial charge in [-0.3, -0.25) is 9.59 Å². The first-order valence-electron chi connectivity index (χ1n) is 7.42. The van der Waals surface area contributed by atoms with E-state index in [1.165, 1.54) is 0 Å². The molecule has 2 heterocycles. The number of rotatable bonds is 2. The van der Waals surface area contributed by atoms with E-state index in [9.17, 15) is 9.59 Å². The van der Waals surface area contributed by atoms with Gasteiger partial charge < -0.3 is 10.6 Å². The molecule has 1 atom stereocenters. The van der Waals surface area contributed by atoms with Crippen LogP contribution in [0.15, 0.2) is 18.2 Å². The maximum atomic E-state index is 12.5. The van der Waals surface area contributed by atoms with Crippen molar-refractivity contribution in [2.24, 2.45) is 5.92 Å². The molecule has 1 amide bonds. The van der Waals surface area contributed by atoms with E-state index in [-0.39, 0.29) is 17.6 Å². The lowest BCUT2D eigenvalue weighted by atomic mass is 9.90. The van der Waals surface area contributed by atoms with Crippen LogP contribution in [0.25, 0.3) is 0 Å². The zero-order valence-electron chi connectivity index (χ0n) is 11.6. The molecule has 1 saturated heterocycles. The van der Waals surface area contributed by atoms with E-state index in [2.05, 4.69) is 10.6 Å². The molecule has 1 aromatic rings. The molecule has 1 aromatic carbocycles. The van der Waals surface area contributed by atoms with Gasteiger partial charge in [0.1, 0.15) is 0 Å². The van der Waals surface area contributed by atoms with Gasteiger partial charge in [0.05, 0.1) is 0 Å². The van der Waals surface area contributed by atoms with Gasteiger partial charge in [0.2, 0.25) is 5.91 Å². The second-order valence-corrected chi connectivity index (χ2v) is 5.68. The number of nitrogens with one attached hydrogen (secondary N) is 2. The van der Waals surface area contributed by atoms with Crippen molar-refractivity contribution in [3.63, 3.8) is 0 Å². The van der Waals surface area contributed by atoms with Crippen molar-refractivity contribution in [2.45, 2.75) is 32.1 Å². The third-order valence-electron chi connectivity index (χ3n) is 4.18. The maximum Gasteiger partial charge on any atom is 0.224 e. The van der Waals surface area contributed by atoms with Crippen molar-refractivity contribution >= 4 is 17.4 Å². The quantitative estimate of drug-likeness (QED) is 0.811. The van der Waals surface area contributed by atoms with Gasteiger partial charge in [0.25, 0.3) is 0 Å². The molecular weight excluding hydrogens is 252 g/mol. The van der Waals surface area contributed by atoms with Crippen LogP contribution < -0.4 is 10.6 Å². The molecule has 4 nitrogen and oxygen atoms in total. The monoisotopic (exact) mass is 272 g/mol. The average molecular weight is 272 g/mol. The third kappa shape index (κ3) is 2.75. The standard InChI is InChI=1S/C16H20N2O2/c19-15-5-1-3-11-9-12(6-7-14(11)18-15)16(20)13-4-2-8-17-10-13/h6-7,9,13,17H,1-5,8,10H2,(H,18,19). The highest BCUT2D eigenvalue weighted by Gasteiger charge is 2.23. The molecule has 0 saturated carbocycles. The van der Waals surface area contributed by atoms with Crippen molar-refractivity contribution in [1.82, 2.24) is 5.32 Å². The number of amides is 1. The highest BCUT2D eigenvalue weighted by atomic mass is 16.1. The Kier molecular flexibility index (Phi) is 3.83. The molecule has 3 rings (SSSR count). The lowest BCUT2D eigenvalue weighted by Gasteiger charge is -2.22. The predicted octanol–water partition coefficient (Wildman–Crippen LogP) is 2.14. The summed E-state index contributed by atoms with van der Waals surface area (Å²) < 4.78 is 0. The molecule has 0 aliphatic carbocycles. The fraction of sp³-hybridized carbons (Fsp3) is 0.500. The zero-order chi connectivity index (χ0) is 13.9. The fourth-order valence-corrected chi connectivity index (χ4v) is 3.04. The zero-order valence-corrected chi connectivity index (χ0v) is 11.6. The molecule has 1 unspecified atom stereocenters. The Balaban J connectivity index is 1.82. The minimum absolute atomic E-state index is 0.0688. The first kappa shape index (κ1) is 13.3. The number of fused-ring (bicyclic) bond motifs is 1. The van der Waals surface area contributed by atoms with Crippen LogP contribution in [0.4, 0.5) is 5.69 Å². The fourth-order valence-electron chi connectivity index (χ4n) is 3.04. The topological polar surface area (TPSA) is 58.2 Å². The molecule has 2 aliphatic rings. The Bertz CT molecular complexity index is 533. The molecule has 2 N–H and O–H groups in total. The molecule has 106 valence electrons. The summed E-state index contributed by atoms with van der Waals surface area (Å²) in [5.74, 6) is 0.400. The number of hydrogen-bond donors (Lipinski definition) is 2. The van der Waals surface area contributed by atoms with Gasteiger partial charge in [0.15, 0.2) is 5.78 Å². The number of Topliss-reactive ketones (excluding diaryl/α,β-unsaturated/α-hetero) is 1. The maximum absolute atomic E-state index is 12.5. The van der Waals surface area contributed by atoms with Gasteiger partial charge in [-0.2, -0.15) is 0 Å². The average Bonchev–Trinajstić information content (AvgIpc) is 2.67. The second kappa shape index (κ2) is 5.75. The summed E-state index contributed by atoms with van der Waals surface area (Å²) in [4.78, 5) is 24.0. The highest BCUT2D eigenvalue weighted by molar-refractivity contribution is 5.99. The summed E-state index contributed by atoms with van der Waals surface area (Å²) >= 11 is 0. The van der Waals surface area contributed by atoms with Crippen LogP contribution in [0.3, 0.4) is 0 Å². The van der Waals surface area contributed by atoms with E-state index in [1.54, 1.807) is 0 Å². The van der Waals surface area contributed by atoms with Crippen LogP contribution >= 0.6 is 0 Å². The largest absolute Gasteiger partial charge is 0.326 e. The number of hydrogen-bond acceptors (Lipinski definition) is 3. The molecule has 0 bridgehead atoms. The van der Waals surface area contributed by atoms with Gasteiger partial charge in [-0.15, -0.1) is 0 Å². The van der Waals surface area contributed by atoms with Crippen LogP contribution in [0.1, 0.15) is 41.6 Å². The van der Waals surface area contributed by atoms with Crippen LogP contribution in [-0.4, -0.2) is 24.8 Å². The number of carbonyl (C=O) groups is 2. The molecule has 2 aliphatic heterocycles. The van der Waals surface area contributed by atoms with Gasteiger partial charge in [-0.05, 0) is 56.0 Å². The lowest BCUT2D eigenvalue weighted by molar-refractivity contribution is -0.116. The van der Waals surface area contributed by atoms with E-state index < -0.39 is 0 Å². The Labute approximate surface area is 118 Å². The van der Waals surface area contributed by atoms with E-state index in [0.29, 0.717) is 6.42 Å². The number of piperidine rings is 1. The summed E-state index contributed by atoms with van der Waals surface area (Å²) in [6.07, 6.45) is 4.31. The van der Waals surface area contributed by atoms with E-state index in [4.69, 9.17) is 0 Å². The Morgan fingerprint density at radius 1 is 1.20 bits per heavy atom. The van der Waals surface area contributed by atoms with Gasteiger partial charge in [0, 0.05) is 30.1 Å². The lowest BCUT2D eigenvalue weighted by Crippen LogP contribution is -2.34. The number of benzene rings is 1. The molecule has 4 heteroatoms. The highest BCUT2D eigenvalue weighted by Crippen LogP contribution is 2.25. The Hall–Kier alpha value is -1.68. The van der Waals surface area contributed by atoms with E-state index >= 15 is 0 Å². The summed E-state index contributed by atoms with van der Waals surface area (Å²) in [7, 11) is 0. The molecule has 0 spiro atoms. The van der Waals surface area contributed by atoms with Crippen molar-refractivity contribution in [2.75, 3.05) is 18.4 Å². The number of anilines is 1. The van der Waals surface area contributed by atoms with Crippen LogP contribution in [0.2, 0.25) is 0 Å². The Morgan fingerprint density at radius 3 is 2.90 bits per heavy atom. The minimum atomic E-state index is 0.0688. The van der Waals surface area contributed by atoms with Crippen molar-refractivity contribution in [3.05, 3.63) is 29.3 Å². The molecule has 0 aromatic heterocycles. The van der Waals surface area contributed by atoms with E-state index in [0.717, 1.165) is 55.6 Å². The van der Waals surface area contributed by atoms with Gasteiger partial charge >= 0.3 is 0 Å². The van der Waals surface area contributed by atoms with Gasteiger partial charge in [-0.1, -0.05) is 0 Å². The second-order valence-electron chi connectivity index (χ2n) is 5.68. The van der Waals surface area contributed by atoms with Crippen molar-refractivity contribution in [3.8, 4) is 0 Å². The number of carbonyl (C=O) groups excluding carboxylic acids is 2. The molecule has 0 radical (unpaired) electrons.